The molecule has 0 heterocycles. The van der Waals surface area contributed by atoms with Crippen LogP contribution in [0.3, 0.4) is 0 Å². The highest BCUT2D eigenvalue weighted by molar-refractivity contribution is 5.78. The van der Waals surface area contributed by atoms with Gasteiger partial charge in [0, 0.05) is 6.61 Å². The van der Waals surface area contributed by atoms with Crippen molar-refractivity contribution in [2.45, 2.75) is 45.8 Å². The van der Waals surface area contributed by atoms with Gasteiger partial charge in [0.15, 0.2) is 5.60 Å². The van der Waals surface area contributed by atoms with Crippen LogP contribution in [0, 0.1) is 0 Å². The number of aliphatic hydroxyl groups is 1. The summed E-state index contributed by atoms with van der Waals surface area (Å²) in [5, 5.41) is 9.26. The van der Waals surface area contributed by atoms with Gasteiger partial charge in [-0.05, 0) is 27.2 Å². The first-order valence-electron chi connectivity index (χ1n) is 4.89. The molecule has 4 heteroatoms. The monoisotopic (exact) mass is 204 g/mol. The Bertz CT molecular complexity index is 171. The fraction of sp³-hybridized carbons (Fsp3) is 0.900. The summed E-state index contributed by atoms with van der Waals surface area (Å²) in [4.78, 5) is 11.1. The zero-order chi connectivity index (χ0) is 11.2. The average molecular weight is 204 g/mol. The summed E-state index contributed by atoms with van der Waals surface area (Å²) < 4.78 is 10.1. The van der Waals surface area contributed by atoms with Gasteiger partial charge in [-0.3, -0.25) is 0 Å². The number of carbonyl (C=O) groups excluding carboxylic acids is 1. The van der Waals surface area contributed by atoms with Crippen molar-refractivity contribution in [2.24, 2.45) is 0 Å². The van der Waals surface area contributed by atoms with Gasteiger partial charge >= 0.3 is 5.97 Å². The van der Waals surface area contributed by atoms with Crippen LogP contribution in [-0.2, 0) is 14.3 Å². The van der Waals surface area contributed by atoms with Crippen LogP contribution in [0.15, 0.2) is 0 Å². The molecule has 1 atom stereocenters. The Morgan fingerprint density at radius 3 is 2.50 bits per heavy atom. The van der Waals surface area contributed by atoms with Crippen molar-refractivity contribution in [1.29, 1.82) is 0 Å². The fourth-order valence-electron chi connectivity index (χ4n) is 0.737. The maximum Gasteiger partial charge on any atom is 0.337 e. The van der Waals surface area contributed by atoms with Gasteiger partial charge in [0.25, 0.3) is 0 Å². The molecule has 0 radical (unpaired) electrons. The lowest BCUT2D eigenvalue weighted by Crippen LogP contribution is -2.35. The topological polar surface area (TPSA) is 55.8 Å². The predicted octanol–water partition coefficient (Wildman–Crippen LogP) is 1.12. The predicted molar refractivity (Wildman–Crippen MR) is 53.0 cm³/mol. The number of carbonyl (C=O) groups is 1. The smallest absolute Gasteiger partial charge is 0.337 e. The average Bonchev–Trinajstić information content (AvgIpc) is 2.09. The first-order valence-corrected chi connectivity index (χ1v) is 4.89. The van der Waals surface area contributed by atoms with Crippen LogP contribution < -0.4 is 0 Å². The summed E-state index contributed by atoms with van der Waals surface area (Å²) in [5.41, 5.74) is -1.43. The maximum absolute atomic E-state index is 11.1. The second-order valence-electron chi connectivity index (χ2n) is 3.84. The van der Waals surface area contributed by atoms with Crippen molar-refractivity contribution in [3.8, 4) is 0 Å². The second kappa shape index (κ2) is 5.98. The van der Waals surface area contributed by atoms with Gasteiger partial charge in [0.1, 0.15) is 6.61 Å². The third-order valence-electron chi connectivity index (χ3n) is 1.56. The summed E-state index contributed by atoms with van der Waals surface area (Å²) in [6.07, 6.45) is 0.810. The van der Waals surface area contributed by atoms with Crippen LogP contribution in [-0.4, -0.2) is 36.0 Å². The van der Waals surface area contributed by atoms with E-state index in [9.17, 15) is 9.90 Å². The molecule has 0 spiro atoms. The number of esters is 1. The van der Waals surface area contributed by atoms with E-state index in [1.54, 1.807) is 0 Å². The Morgan fingerprint density at radius 1 is 1.50 bits per heavy atom. The van der Waals surface area contributed by atoms with Crippen LogP contribution in [0.2, 0.25) is 0 Å². The van der Waals surface area contributed by atoms with Crippen molar-refractivity contribution in [1.82, 2.24) is 0 Å². The van der Waals surface area contributed by atoms with Gasteiger partial charge in [0.2, 0.25) is 0 Å². The van der Waals surface area contributed by atoms with Gasteiger partial charge in [0.05, 0.1) is 6.10 Å². The standard InChI is InChI=1S/C10H20O4/c1-5-6-13-8(2)7-14-9(11)10(3,4)12/h8,12H,5-7H2,1-4H3. The molecule has 0 aromatic heterocycles. The molecule has 1 unspecified atom stereocenters. The molecule has 0 aromatic carbocycles. The van der Waals surface area contributed by atoms with E-state index >= 15 is 0 Å². The summed E-state index contributed by atoms with van der Waals surface area (Å²) in [6, 6.07) is 0. The lowest BCUT2D eigenvalue weighted by atomic mass is 10.1. The Kier molecular flexibility index (Phi) is 5.72. The van der Waals surface area contributed by atoms with Crippen LogP contribution in [0.4, 0.5) is 0 Å². The molecule has 0 bridgehead atoms. The van der Waals surface area contributed by atoms with Gasteiger partial charge < -0.3 is 14.6 Å². The molecular weight excluding hydrogens is 184 g/mol. The van der Waals surface area contributed by atoms with Crippen molar-refractivity contribution in [2.75, 3.05) is 13.2 Å². The zero-order valence-electron chi connectivity index (χ0n) is 9.37. The molecule has 84 valence electrons. The molecule has 0 aromatic rings. The highest BCUT2D eigenvalue weighted by Crippen LogP contribution is 2.04. The van der Waals surface area contributed by atoms with Crippen LogP contribution in [0.1, 0.15) is 34.1 Å². The number of ether oxygens (including phenoxy) is 2. The second-order valence-corrected chi connectivity index (χ2v) is 3.84. The normalized spacial score (nSPS) is 13.8. The Morgan fingerprint density at radius 2 is 2.07 bits per heavy atom. The molecule has 4 nitrogen and oxygen atoms in total. The lowest BCUT2D eigenvalue weighted by Gasteiger charge is -2.18. The third kappa shape index (κ3) is 5.94. The van der Waals surface area contributed by atoms with Crippen molar-refractivity contribution in [3.63, 3.8) is 0 Å². The van der Waals surface area contributed by atoms with Gasteiger partial charge in [-0.25, -0.2) is 4.79 Å². The minimum absolute atomic E-state index is 0.124. The molecule has 0 fully saturated rings. The van der Waals surface area contributed by atoms with Crippen molar-refractivity contribution in [3.05, 3.63) is 0 Å². The summed E-state index contributed by atoms with van der Waals surface area (Å²) in [6.45, 7) is 7.47. The van der Waals surface area contributed by atoms with E-state index in [0.29, 0.717) is 6.61 Å². The lowest BCUT2D eigenvalue weighted by molar-refractivity contribution is -0.165. The van der Waals surface area contributed by atoms with E-state index in [0.717, 1.165) is 6.42 Å². The Hall–Kier alpha value is -0.610. The van der Waals surface area contributed by atoms with Crippen LogP contribution >= 0.6 is 0 Å². The first-order chi connectivity index (χ1) is 6.38. The zero-order valence-corrected chi connectivity index (χ0v) is 9.37. The van der Waals surface area contributed by atoms with Crippen molar-refractivity contribution >= 4 is 5.97 Å². The van der Waals surface area contributed by atoms with E-state index < -0.39 is 11.6 Å². The molecule has 0 saturated heterocycles. The summed E-state index contributed by atoms with van der Waals surface area (Å²) >= 11 is 0. The van der Waals surface area contributed by atoms with Gasteiger partial charge in [-0.2, -0.15) is 0 Å². The molecule has 0 saturated carbocycles. The Labute approximate surface area is 85.2 Å². The molecule has 14 heavy (non-hydrogen) atoms. The van der Waals surface area contributed by atoms with E-state index in [2.05, 4.69) is 0 Å². The third-order valence-corrected chi connectivity index (χ3v) is 1.56. The van der Waals surface area contributed by atoms with E-state index in [-0.39, 0.29) is 12.7 Å². The quantitative estimate of drug-likeness (QED) is 0.659. The summed E-state index contributed by atoms with van der Waals surface area (Å²) in [7, 11) is 0. The largest absolute Gasteiger partial charge is 0.461 e. The Balaban J connectivity index is 3.67. The van der Waals surface area contributed by atoms with E-state index in [4.69, 9.17) is 9.47 Å². The maximum atomic E-state index is 11.1. The van der Waals surface area contributed by atoms with Gasteiger partial charge in [-0.15, -0.1) is 0 Å². The highest BCUT2D eigenvalue weighted by Gasteiger charge is 2.25. The molecule has 0 aliphatic rings. The molecular formula is C10H20O4. The summed E-state index contributed by atoms with van der Waals surface area (Å²) in [5.74, 6) is -0.621. The molecule has 0 aliphatic carbocycles. The number of hydrogen-bond acceptors (Lipinski definition) is 4. The molecule has 0 aliphatic heterocycles. The van der Waals surface area contributed by atoms with Gasteiger partial charge in [-0.1, -0.05) is 6.92 Å². The minimum atomic E-state index is -1.43. The molecule has 0 rings (SSSR count). The SMILES string of the molecule is CCCOC(C)COC(=O)C(C)(C)O. The van der Waals surface area contributed by atoms with E-state index in [1.165, 1.54) is 13.8 Å². The van der Waals surface area contributed by atoms with Crippen LogP contribution in [0.25, 0.3) is 0 Å². The number of hydrogen-bond donors (Lipinski definition) is 1. The first kappa shape index (κ1) is 13.4. The fourth-order valence-corrected chi connectivity index (χ4v) is 0.737. The van der Waals surface area contributed by atoms with Crippen LogP contribution in [0.5, 0.6) is 0 Å². The van der Waals surface area contributed by atoms with Crippen molar-refractivity contribution < 1.29 is 19.4 Å². The highest BCUT2D eigenvalue weighted by atomic mass is 16.6. The molecule has 0 amide bonds. The number of rotatable bonds is 6. The van der Waals surface area contributed by atoms with E-state index in [1.807, 2.05) is 13.8 Å². The molecule has 1 N–H and O–H groups in total. The minimum Gasteiger partial charge on any atom is -0.461 e.